The van der Waals surface area contributed by atoms with Crippen molar-refractivity contribution < 1.29 is 46.0 Å². The molecule has 0 bridgehead atoms. The van der Waals surface area contributed by atoms with Crippen molar-refractivity contribution in [1.82, 2.24) is 0 Å². The van der Waals surface area contributed by atoms with Gasteiger partial charge in [-0.1, -0.05) is 80.1 Å². The van der Waals surface area contributed by atoms with Gasteiger partial charge in [0.25, 0.3) is 0 Å². The zero-order valence-electron chi connectivity index (χ0n) is 24.8. The maximum absolute atomic E-state index is 10.2. The predicted molar refractivity (Wildman–Crippen MR) is 150 cm³/mol. The number of aliphatic hydroxyl groups is 2. The van der Waals surface area contributed by atoms with E-state index in [1.807, 2.05) is 0 Å². The molecule has 33 heavy (non-hydrogen) atoms. The molecule has 0 heterocycles. The largest absolute Gasteiger partial charge is 0.432 e. The van der Waals surface area contributed by atoms with Gasteiger partial charge in [-0.15, -0.1) is 0 Å². The smallest absolute Gasteiger partial charge is 0.188 e. The third-order valence-electron chi connectivity index (χ3n) is 4.29. The molecule has 204 valence electrons. The molecule has 4 N–H and O–H groups in total. The van der Waals surface area contributed by atoms with Crippen LogP contribution in [0.5, 0.6) is 0 Å². The summed E-state index contributed by atoms with van der Waals surface area (Å²) in [5.41, 5.74) is -1.00. The van der Waals surface area contributed by atoms with Crippen molar-refractivity contribution in [2.24, 2.45) is 0 Å². The Bertz CT molecular complexity index is 301. The van der Waals surface area contributed by atoms with Crippen LogP contribution in [0.25, 0.3) is 0 Å². The minimum Gasteiger partial charge on any atom is -0.432 e. The van der Waals surface area contributed by atoms with E-state index in [4.69, 9.17) is 10.2 Å². The minimum absolute atomic E-state index is 0. The zero-order valence-corrected chi connectivity index (χ0v) is 29.2. The van der Waals surface area contributed by atoms with Gasteiger partial charge in [0, 0.05) is 26.2 Å². The molecule has 0 atom stereocenters. The van der Waals surface area contributed by atoms with Gasteiger partial charge < -0.3 is 19.8 Å². The molecule has 0 aliphatic heterocycles. The topological polar surface area (TPSA) is 80.9 Å². The molecule has 0 aromatic heterocycles. The second-order valence-corrected chi connectivity index (χ2v) is 19.2. The average Bonchev–Trinajstić information content (AvgIpc) is 2.53. The van der Waals surface area contributed by atoms with E-state index in [0.717, 1.165) is 74.8 Å². The molecular formula is C26H64O4Si2Zr. The molecule has 0 aliphatic carbocycles. The van der Waals surface area contributed by atoms with E-state index in [0.29, 0.717) is 0 Å². The summed E-state index contributed by atoms with van der Waals surface area (Å²) in [5.74, 6) is 0. The van der Waals surface area contributed by atoms with Crippen molar-refractivity contribution in [3.63, 3.8) is 0 Å². The third-order valence-corrected chi connectivity index (χ3v) is 12.9. The van der Waals surface area contributed by atoms with Gasteiger partial charge in [0.1, 0.15) is 0 Å². The Morgan fingerprint density at radius 1 is 0.424 bits per heavy atom. The Balaban J connectivity index is -0.000000112. The fraction of sp³-hybridized carbons (Fsp3) is 1.00. The molecule has 0 saturated carbocycles. The number of hydrogen-bond acceptors (Lipinski definition) is 4. The van der Waals surface area contributed by atoms with Crippen molar-refractivity contribution in [2.75, 3.05) is 0 Å². The van der Waals surface area contributed by atoms with E-state index in [2.05, 4.69) is 41.5 Å². The maximum atomic E-state index is 10.2. The molecule has 0 radical (unpaired) electrons. The van der Waals surface area contributed by atoms with Gasteiger partial charge in [0.05, 0.1) is 11.2 Å². The van der Waals surface area contributed by atoms with Gasteiger partial charge in [-0.05, 0) is 77.8 Å². The maximum Gasteiger partial charge on any atom is 0.188 e. The number of hydrogen-bond donors (Lipinski definition) is 4. The summed E-state index contributed by atoms with van der Waals surface area (Å²) < 4.78 is 0. The van der Waals surface area contributed by atoms with E-state index >= 15 is 0 Å². The number of rotatable bonds is 12. The van der Waals surface area contributed by atoms with Crippen molar-refractivity contribution in [1.29, 1.82) is 0 Å². The van der Waals surface area contributed by atoms with E-state index in [-0.39, 0.29) is 26.2 Å². The molecule has 0 unspecified atom stereocenters. The molecule has 7 heteroatoms. The van der Waals surface area contributed by atoms with Crippen molar-refractivity contribution in [3.05, 3.63) is 0 Å². The standard InChI is InChI=1S/2C9H22OSi.2C4H10O.Zr/c2*1-4-7-11(10,8-5-2)9-6-3;2*1-4(2,3)5;/h2*10H,4-9H2,1-3H3;2*5H,1-3H3;. The molecule has 0 spiro atoms. The van der Waals surface area contributed by atoms with E-state index in [1.165, 1.54) is 0 Å². The van der Waals surface area contributed by atoms with Crippen LogP contribution in [0.3, 0.4) is 0 Å². The first-order chi connectivity index (χ1) is 14.4. The normalized spacial score (nSPS) is 11.6. The van der Waals surface area contributed by atoms with Gasteiger partial charge in [-0.25, -0.2) is 0 Å². The molecular weight excluding hydrogens is 524 g/mol. The van der Waals surface area contributed by atoms with Crippen LogP contribution in [0.1, 0.15) is 122 Å². The fourth-order valence-electron chi connectivity index (χ4n) is 3.54. The predicted octanol–water partition coefficient (Wildman–Crippen LogP) is 7.86. The summed E-state index contributed by atoms with van der Waals surface area (Å²) in [6, 6.07) is 6.64. The van der Waals surface area contributed by atoms with Gasteiger partial charge in [-0.2, -0.15) is 0 Å². The molecule has 0 aromatic rings. The second-order valence-electron chi connectivity index (χ2n) is 11.3. The molecule has 0 fully saturated rings. The van der Waals surface area contributed by atoms with Gasteiger partial charge in [-0.3, -0.25) is 0 Å². The zero-order chi connectivity index (χ0) is 26.5. The molecule has 0 saturated heterocycles. The fourth-order valence-corrected chi connectivity index (χ4v) is 10.6. The van der Waals surface area contributed by atoms with Gasteiger partial charge >= 0.3 is 0 Å². The average molecular weight is 588 g/mol. The Labute approximate surface area is 230 Å². The molecule has 0 aromatic carbocycles. The van der Waals surface area contributed by atoms with Crippen molar-refractivity contribution in [2.45, 2.75) is 169 Å². The second kappa shape index (κ2) is 24.8. The minimum atomic E-state index is -1.75. The van der Waals surface area contributed by atoms with Gasteiger partial charge in [0.2, 0.25) is 0 Å². The summed E-state index contributed by atoms with van der Waals surface area (Å²) in [6.45, 7) is 23.5. The Hall–Kier alpha value is 1.16. The Kier molecular flexibility index (Phi) is 33.2. The van der Waals surface area contributed by atoms with E-state index in [9.17, 15) is 9.59 Å². The summed E-state index contributed by atoms with van der Waals surface area (Å²) in [7, 11) is -3.50. The van der Waals surface area contributed by atoms with Crippen LogP contribution in [0.4, 0.5) is 0 Å². The van der Waals surface area contributed by atoms with Crippen LogP contribution in [-0.4, -0.2) is 47.6 Å². The Morgan fingerprint density at radius 2 is 0.515 bits per heavy atom. The first-order valence-corrected chi connectivity index (χ1v) is 18.4. The van der Waals surface area contributed by atoms with Crippen LogP contribution < -0.4 is 0 Å². The third kappa shape index (κ3) is 50.9. The summed E-state index contributed by atoms with van der Waals surface area (Å²) in [6.07, 6.45) is 6.93. The van der Waals surface area contributed by atoms with Gasteiger partial charge in [0.15, 0.2) is 16.6 Å². The summed E-state index contributed by atoms with van der Waals surface area (Å²) in [5, 5.41) is 17.0. The van der Waals surface area contributed by atoms with Crippen molar-refractivity contribution in [3.8, 4) is 0 Å². The monoisotopic (exact) mass is 586 g/mol. The molecule has 0 amide bonds. The SMILES string of the molecule is CC(C)(C)O.CC(C)(C)O.CCC[Si](O)(CCC)CCC.CCC[Si](O)(CCC)CCC.[Zr]. The quantitative estimate of drug-likeness (QED) is 0.175. The first-order valence-electron chi connectivity index (χ1n) is 13.3. The molecule has 0 aliphatic rings. The van der Waals surface area contributed by atoms with Crippen LogP contribution in [0.15, 0.2) is 0 Å². The van der Waals surface area contributed by atoms with Crippen LogP contribution in [-0.2, 0) is 26.2 Å². The summed E-state index contributed by atoms with van der Waals surface area (Å²) in [4.78, 5) is 20.3. The molecule has 0 rings (SSSR count). The van der Waals surface area contributed by atoms with Crippen LogP contribution >= 0.6 is 0 Å². The Morgan fingerprint density at radius 3 is 0.576 bits per heavy atom. The first kappa shape index (κ1) is 44.2. The van der Waals surface area contributed by atoms with Crippen LogP contribution in [0.2, 0.25) is 36.3 Å². The summed E-state index contributed by atoms with van der Waals surface area (Å²) >= 11 is 0. The van der Waals surface area contributed by atoms with E-state index in [1.54, 1.807) is 41.5 Å². The van der Waals surface area contributed by atoms with E-state index < -0.39 is 27.8 Å². The van der Waals surface area contributed by atoms with Crippen LogP contribution in [0, 0.1) is 0 Å². The van der Waals surface area contributed by atoms with Crippen molar-refractivity contribution >= 4 is 16.6 Å². The molecule has 4 nitrogen and oxygen atoms in total.